The van der Waals surface area contributed by atoms with E-state index in [0.29, 0.717) is 0 Å². The highest BCUT2D eigenvalue weighted by Gasteiger charge is 1.92. The van der Waals surface area contributed by atoms with Crippen molar-refractivity contribution in [1.29, 1.82) is 0 Å². The second-order valence-corrected chi connectivity index (χ2v) is 3.59. The first-order chi connectivity index (χ1) is 5.70. The zero-order valence-corrected chi connectivity index (χ0v) is 8.58. The van der Waals surface area contributed by atoms with Crippen molar-refractivity contribution in [3.8, 4) is 0 Å². The zero-order chi connectivity index (χ0) is 8.97. The van der Waals surface area contributed by atoms with E-state index in [1.807, 2.05) is 43.3 Å². The molecular weight excluding hydrogens is 214 g/mol. The summed E-state index contributed by atoms with van der Waals surface area (Å²) in [6.07, 6.45) is 3.99. The average molecular weight is 226 g/mol. The van der Waals surface area contributed by atoms with Gasteiger partial charge in [-0.2, -0.15) is 0 Å². The zero-order valence-electron chi connectivity index (χ0n) is 7.00. The standard InChI is InChI=1S/C10H12BrN/c1-8(12)6-7-9-4-2-3-5-10(9)11/h2-8H,12H2,1H3/b7-6+. The van der Waals surface area contributed by atoms with E-state index in [-0.39, 0.29) is 6.04 Å². The molecule has 0 fully saturated rings. The number of nitrogens with two attached hydrogens (primary N) is 1. The van der Waals surface area contributed by atoms with Crippen molar-refractivity contribution in [2.24, 2.45) is 5.73 Å². The van der Waals surface area contributed by atoms with Gasteiger partial charge in [0.25, 0.3) is 0 Å². The van der Waals surface area contributed by atoms with Crippen molar-refractivity contribution < 1.29 is 0 Å². The molecule has 1 nitrogen and oxygen atoms in total. The summed E-state index contributed by atoms with van der Waals surface area (Å²) in [5, 5.41) is 0. The van der Waals surface area contributed by atoms with Crippen LogP contribution in [-0.4, -0.2) is 6.04 Å². The largest absolute Gasteiger partial charge is 0.325 e. The molecule has 0 spiro atoms. The van der Waals surface area contributed by atoms with Crippen LogP contribution in [0.4, 0.5) is 0 Å². The van der Waals surface area contributed by atoms with Gasteiger partial charge in [0.1, 0.15) is 0 Å². The number of hydrogen-bond acceptors (Lipinski definition) is 1. The molecule has 0 aromatic heterocycles. The van der Waals surface area contributed by atoms with Gasteiger partial charge >= 0.3 is 0 Å². The Morgan fingerprint density at radius 2 is 2.08 bits per heavy atom. The van der Waals surface area contributed by atoms with Gasteiger partial charge in [-0.25, -0.2) is 0 Å². The fraction of sp³-hybridized carbons (Fsp3) is 0.200. The van der Waals surface area contributed by atoms with Gasteiger partial charge in [0.15, 0.2) is 0 Å². The van der Waals surface area contributed by atoms with Crippen LogP contribution in [0.1, 0.15) is 12.5 Å². The van der Waals surface area contributed by atoms with Crippen LogP contribution in [0.5, 0.6) is 0 Å². The Bertz CT molecular complexity index is 279. The molecule has 0 heterocycles. The number of rotatable bonds is 2. The van der Waals surface area contributed by atoms with Crippen LogP contribution in [0.3, 0.4) is 0 Å². The van der Waals surface area contributed by atoms with Gasteiger partial charge in [-0.1, -0.05) is 46.3 Å². The smallest absolute Gasteiger partial charge is 0.0247 e. The van der Waals surface area contributed by atoms with Crippen LogP contribution >= 0.6 is 15.9 Å². The third-order valence-corrected chi connectivity index (χ3v) is 2.21. The molecule has 12 heavy (non-hydrogen) atoms. The van der Waals surface area contributed by atoms with Crippen LogP contribution in [0.2, 0.25) is 0 Å². The molecule has 2 N–H and O–H groups in total. The average Bonchev–Trinajstić information content (AvgIpc) is 2.03. The number of benzene rings is 1. The predicted molar refractivity (Wildman–Crippen MR) is 56.8 cm³/mol. The molecule has 1 rings (SSSR count). The maximum atomic E-state index is 5.59. The Morgan fingerprint density at radius 1 is 1.42 bits per heavy atom. The van der Waals surface area contributed by atoms with E-state index in [1.54, 1.807) is 0 Å². The molecule has 0 saturated carbocycles. The van der Waals surface area contributed by atoms with E-state index < -0.39 is 0 Å². The molecule has 0 radical (unpaired) electrons. The van der Waals surface area contributed by atoms with Gasteiger partial charge in [0.05, 0.1) is 0 Å². The molecule has 0 aliphatic rings. The topological polar surface area (TPSA) is 26.0 Å². The lowest BCUT2D eigenvalue weighted by atomic mass is 10.2. The summed E-state index contributed by atoms with van der Waals surface area (Å²) in [6, 6.07) is 8.17. The van der Waals surface area contributed by atoms with Crippen molar-refractivity contribution >= 4 is 22.0 Å². The highest BCUT2D eigenvalue weighted by molar-refractivity contribution is 9.10. The molecule has 0 bridgehead atoms. The van der Waals surface area contributed by atoms with E-state index >= 15 is 0 Å². The molecule has 1 unspecified atom stereocenters. The number of halogens is 1. The first kappa shape index (κ1) is 9.49. The molecule has 0 aliphatic carbocycles. The van der Waals surface area contributed by atoms with E-state index in [4.69, 9.17) is 5.73 Å². The van der Waals surface area contributed by atoms with Crippen LogP contribution < -0.4 is 5.73 Å². The Hall–Kier alpha value is -0.600. The number of hydrogen-bond donors (Lipinski definition) is 1. The van der Waals surface area contributed by atoms with Gasteiger partial charge < -0.3 is 5.73 Å². The van der Waals surface area contributed by atoms with Crippen LogP contribution in [-0.2, 0) is 0 Å². The molecule has 2 heteroatoms. The lowest BCUT2D eigenvalue weighted by Gasteiger charge is -1.98. The highest BCUT2D eigenvalue weighted by Crippen LogP contribution is 2.16. The van der Waals surface area contributed by atoms with Crippen molar-refractivity contribution in [3.63, 3.8) is 0 Å². The van der Waals surface area contributed by atoms with Gasteiger partial charge in [-0.3, -0.25) is 0 Å². The molecule has 0 aliphatic heterocycles. The fourth-order valence-electron chi connectivity index (χ4n) is 0.866. The summed E-state index contributed by atoms with van der Waals surface area (Å²) in [4.78, 5) is 0. The Kier molecular flexibility index (Phi) is 3.50. The van der Waals surface area contributed by atoms with E-state index in [2.05, 4.69) is 15.9 Å². The van der Waals surface area contributed by atoms with Crippen LogP contribution in [0.15, 0.2) is 34.8 Å². The second-order valence-electron chi connectivity index (χ2n) is 2.74. The Balaban J connectivity index is 2.82. The first-order valence-corrected chi connectivity index (χ1v) is 4.68. The molecular formula is C10H12BrN. The maximum Gasteiger partial charge on any atom is 0.0247 e. The minimum absolute atomic E-state index is 0.108. The molecule has 1 atom stereocenters. The predicted octanol–water partition coefficient (Wildman–Crippen LogP) is 2.81. The van der Waals surface area contributed by atoms with Crippen molar-refractivity contribution in [2.75, 3.05) is 0 Å². The van der Waals surface area contributed by atoms with Gasteiger partial charge in [0, 0.05) is 10.5 Å². The Labute approximate surface area is 81.4 Å². The molecule has 0 saturated heterocycles. The Morgan fingerprint density at radius 3 is 2.67 bits per heavy atom. The minimum Gasteiger partial charge on any atom is -0.325 e. The summed E-state index contributed by atoms with van der Waals surface area (Å²) in [5.74, 6) is 0. The van der Waals surface area contributed by atoms with E-state index in [1.165, 1.54) is 0 Å². The molecule has 64 valence electrons. The SMILES string of the molecule is CC(N)/C=C/c1ccccc1Br. The summed E-state index contributed by atoms with van der Waals surface area (Å²) < 4.78 is 1.10. The van der Waals surface area contributed by atoms with E-state index in [9.17, 15) is 0 Å². The fourth-order valence-corrected chi connectivity index (χ4v) is 1.28. The van der Waals surface area contributed by atoms with E-state index in [0.717, 1.165) is 10.0 Å². The van der Waals surface area contributed by atoms with Crippen molar-refractivity contribution in [3.05, 3.63) is 40.4 Å². The monoisotopic (exact) mass is 225 g/mol. The van der Waals surface area contributed by atoms with Crippen LogP contribution in [0.25, 0.3) is 6.08 Å². The molecule has 1 aromatic rings. The second kappa shape index (κ2) is 4.43. The lowest BCUT2D eigenvalue weighted by Crippen LogP contribution is -2.09. The lowest BCUT2D eigenvalue weighted by molar-refractivity contribution is 0.931. The first-order valence-electron chi connectivity index (χ1n) is 3.88. The summed E-state index contributed by atoms with van der Waals surface area (Å²) in [5.41, 5.74) is 6.75. The third kappa shape index (κ3) is 2.80. The van der Waals surface area contributed by atoms with Gasteiger partial charge in [-0.15, -0.1) is 0 Å². The maximum absolute atomic E-state index is 5.59. The summed E-state index contributed by atoms with van der Waals surface area (Å²) in [7, 11) is 0. The quantitative estimate of drug-likeness (QED) is 0.824. The van der Waals surface area contributed by atoms with Crippen molar-refractivity contribution in [2.45, 2.75) is 13.0 Å². The minimum atomic E-state index is 0.108. The van der Waals surface area contributed by atoms with Gasteiger partial charge in [0.2, 0.25) is 0 Å². The van der Waals surface area contributed by atoms with Crippen LogP contribution in [0, 0.1) is 0 Å². The summed E-state index contributed by atoms with van der Waals surface area (Å²) in [6.45, 7) is 1.95. The third-order valence-electron chi connectivity index (χ3n) is 1.48. The molecule has 0 amide bonds. The highest BCUT2D eigenvalue weighted by atomic mass is 79.9. The summed E-state index contributed by atoms with van der Waals surface area (Å²) >= 11 is 3.45. The normalized spacial score (nSPS) is 13.6. The molecule has 1 aromatic carbocycles. The van der Waals surface area contributed by atoms with Gasteiger partial charge in [-0.05, 0) is 18.6 Å². The van der Waals surface area contributed by atoms with Crippen molar-refractivity contribution in [1.82, 2.24) is 0 Å².